The standard InChI is InChI=1S/C15H18Cl2N2/c1-2-6-18-12-4-3-5-13-14(12)10-7-9(16)8-11(17)15(10)19-13/h7-8,12,18-19H,2-6H2,1H3. The minimum Gasteiger partial charge on any atom is -0.357 e. The van der Waals surface area contributed by atoms with E-state index in [1.165, 1.54) is 29.5 Å². The van der Waals surface area contributed by atoms with Gasteiger partial charge in [0.05, 0.1) is 10.5 Å². The van der Waals surface area contributed by atoms with E-state index >= 15 is 0 Å². The SMILES string of the molecule is CCCNC1CCCc2[nH]c3c(Cl)cc(Cl)cc3c21. The molecule has 3 rings (SSSR count). The molecule has 1 atom stereocenters. The van der Waals surface area contributed by atoms with Crippen LogP contribution in [0.2, 0.25) is 10.0 Å². The molecule has 0 aliphatic heterocycles. The summed E-state index contributed by atoms with van der Waals surface area (Å²) in [5.41, 5.74) is 3.72. The molecule has 0 saturated heterocycles. The topological polar surface area (TPSA) is 27.8 Å². The summed E-state index contributed by atoms with van der Waals surface area (Å²) in [6.45, 7) is 3.24. The first-order valence-electron chi connectivity index (χ1n) is 6.93. The van der Waals surface area contributed by atoms with E-state index in [1.807, 2.05) is 12.1 Å². The van der Waals surface area contributed by atoms with Crippen molar-refractivity contribution < 1.29 is 0 Å². The molecular formula is C15H18Cl2N2. The molecule has 0 spiro atoms. The molecule has 2 aromatic rings. The maximum Gasteiger partial charge on any atom is 0.0662 e. The van der Waals surface area contributed by atoms with Gasteiger partial charge in [-0.3, -0.25) is 0 Å². The molecule has 102 valence electrons. The van der Waals surface area contributed by atoms with Crippen LogP contribution in [0.4, 0.5) is 0 Å². The van der Waals surface area contributed by atoms with Crippen molar-refractivity contribution in [3.05, 3.63) is 33.4 Å². The summed E-state index contributed by atoms with van der Waals surface area (Å²) in [5.74, 6) is 0. The van der Waals surface area contributed by atoms with Gasteiger partial charge >= 0.3 is 0 Å². The van der Waals surface area contributed by atoms with Gasteiger partial charge in [0.2, 0.25) is 0 Å². The fourth-order valence-corrected chi connectivity index (χ4v) is 3.58. The molecule has 19 heavy (non-hydrogen) atoms. The van der Waals surface area contributed by atoms with E-state index < -0.39 is 0 Å². The number of hydrogen-bond acceptors (Lipinski definition) is 1. The van der Waals surface area contributed by atoms with E-state index in [2.05, 4.69) is 17.2 Å². The lowest BCUT2D eigenvalue weighted by molar-refractivity contribution is 0.461. The van der Waals surface area contributed by atoms with E-state index in [0.717, 1.165) is 24.9 Å². The molecule has 1 heterocycles. The molecule has 1 aliphatic rings. The maximum atomic E-state index is 6.30. The fraction of sp³-hybridized carbons (Fsp3) is 0.467. The lowest BCUT2D eigenvalue weighted by Crippen LogP contribution is -2.25. The second-order valence-electron chi connectivity index (χ2n) is 5.23. The quantitative estimate of drug-likeness (QED) is 0.832. The molecule has 0 saturated carbocycles. The minimum absolute atomic E-state index is 0.423. The Morgan fingerprint density at radius 1 is 1.37 bits per heavy atom. The van der Waals surface area contributed by atoms with Crippen molar-refractivity contribution in [2.75, 3.05) is 6.54 Å². The van der Waals surface area contributed by atoms with Gasteiger partial charge in [0, 0.05) is 22.1 Å². The summed E-state index contributed by atoms with van der Waals surface area (Å²) < 4.78 is 0. The first-order chi connectivity index (χ1) is 9.20. The highest BCUT2D eigenvalue weighted by molar-refractivity contribution is 6.38. The number of halogens is 2. The molecule has 0 bridgehead atoms. The van der Waals surface area contributed by atoms with Crippen LogP contribution in [0.25, 0.3) is 10.9 Å². The Morgan fingerprint density at radius 3 is 3.00 bits per heavy atom. The molecule has 2 N–H and O–H groups in total. The number of hydrogen-bond donors (Lipinski definition) is 2. The Balaban J connectivity index is 2.13. The Morgan fingerprint density at radius 2 is 2.21 bits per heavy atom. The molecule has 1 aliphatic carbocycles. The number of H-pyrrole nitrogens is 1. The summed E-state index contributed by atoms with van der Waals surface area (Å²) in [4.78, 5) is 3.49. The van der Waals surface area contributed by atoms with Crippen LogP contribution in [0.1, 0.15) is 43.5 Å². The zero-order valence-electron chi connectivity index (χ0n) is 11.0. The van der Waals surface area contributed by atoms with Crippen LogP contribution in [0.5, 0.6) is 0 Å². The third kappa shape index (κ3) is 2.37. The Hall–Kier alpha value is -0.700. The van der Waals surface area contributed by atoms with Crippen molar-refractivity contribution >= 4 is 34.1 Å². The van der Waals surface area contributed by atoms with Crippen molar-refractivity contribution in [2.24, 2.45) is 0 Å². The average molecular weight is 297 g/mol. The van der Waals surface area contributed by atoms with Gasteiger partial charge in [0.1, 0.15) is 0 Å². The monoisotopic (exact) mass is 296 g/mol. The average Bonchev–Trinajstić information content (AvgIpc) is 2.76. The zero-order valence-corrected chi connectivity index (χ0v) is 12.5. The number of aromatic nitrogens is 1. The van der Waals surface area contributed by atoms with Crippen molar-refractivity contribution in [1.29, 1.82) is 0 Å². The largest absolute Gasteiger partial charge is 0.357 e. The number of nitrogens with one attached hydrogen (secondary N) is 2. The number of rotatable bonds is 3. The predicted octanol–water partition coefficient (Wildman–Crippen LogP) is 4.85. The van der Waals surface area contributed by atoms with Crippen LogP contribution in [0.3, 0.4) is 0 Å². The van der Waals surface area contributed by atoms with Crippen molar-refractivity contribution in [2.45, 2.75) is 38.6 Å². The molecule has 1 aromatic heterocycles. The van der Waals surface area contributed by atoms with Crippen LogP contribution in [-0.2, 0) is 6.42 Å². The fourth-order valence-electron chi connectivity index (χ4n) is 3.04. The lowest BCUT2D eigenvalue weighted by atomic mass is 9.90. The molecular weight excluding hydrogens is 279 g/mol. The Labute approximate surface area is 123 Å². The lowest BCUT2D eigenvalue weighted by Gasteiger charge is -2.24. The van der Waals surface area contributed by atoms with Crippen molar-refractivity contribution in [3.63, 3.8) is 0 Å². The van der Waals surface area contributed by atoms with Gasteiger partial charge in [-0.25, -0.2) is 0 Å². The zero-order chi connectivity index (χ0) is 13.4. The summed E-state index contributed by atoms with van der Waals surface area (Å²) in [6.07, 6.45) is 4.65. The smallest absolute Gasteiger partial charge is 0.0662 e. The van der Waals surface area contributed by atoms with Gasteiger partial charge in [-0.05, 0) is 49.9 Å². The molecule has 1 unspecified atom stereocenters. The van der Waals surface area contributed by atoms with Gasteiger partial charge in [0.25, 0.3) is 0 Å². The van der Waals surface area contributed by atoms with E-state index in [-0.39, 0.29) is 0 Å². The molecule has 0 fully saturated rings. The normalized spacial score (nSPS) is 18.8. The van der Waals surface area contributed by atoms with Crippen LogP contribution in [0, 0.1) is 0 Å². The summed E-state index contributed by atoms with van der Waals surface area (Å²) in [7, 11) is 0. The van der Waals surface area contributed by atoms with Gasteiger partial charge in [-0.1, -0.05) is 30.1 Å². The van der Waals surface area contributed by atoms with Crippen LogP contribution >= 0.6 is 23.2 Å². The summed E-state index contributed by atoms with van der Waals surface area (Å²) in [6, 6.07) is 4.26. The number of fused-ring (bicyclic) bond motifs is 3. The number of aryl methyl sites for hydroxylation is 1. The van der Waals surface area contributed by atoms with E-state index in [4.69, 9.17) is 23.2 Å². The molecule has 2 nitrogen and oxygen atoms in total. The predicted molar refractivity (Wildman–Crippen MR) is 82.3 cm³/mol. The first kappa shape index (κ1) is 13.3. The Kier molecular flexibility index (Phi) is 3.75. The van der Waals surface area contributed by atoms with Crippen molar-refractivity contribution in [3.8, 4) is 0 Å². The van der Waals surface area contributed by atoms with E-state index in [1.54, 1.807) is 0 Å². The Bertz CT molecular complexity index is 604. The van der Waals surface area contributed by atoms with E-state index in [9.17, 15) is 0 Å². The molecule has 0 amide bonds. The van der Waals surface area contributed by atoms with E-state index in [0.29, 0.717) is 16.1 Å². The highest BCUT2D eigenvalue weighted by atomic mass is 35.5. The van der Waals surface area contributed by atoms with Crippen LogP contribution < -0.4 is 5.32 Å². The first-order valence-corrected chi connectivity index (χ1v) is 7.69. The molecule has 1 aromatic carbocycles. The van der Waals surface area contributed by atoms with Crippen LogP contribution in [-0.4, -0.2) is 11.5 Å². The van der Waals surface area contributed by atoms with Crippen LogP contribution in [0.15, 0.2) is 12.1 Å². The maximum absolute atomic E-state index is 6.30. The molecule has 0 radical (unpaired) electrons. The number of benzene rings is 1. The summed E-state index contributed by atoms with van der Waals surface area (Å²) >= 11 is 12.5. The third-order valence-electron chi connectivity index (χ3n) is 3.85. The van der Waals surface area contributed by atoms with Gasteiger partial charge in [-0.2, -0.15) is 0 Å². The molecule has 4 heteroatoms. The number of aromatic amines is 1. The van der Waals surface area contributed by atoms with Gasteiger partial charge < -0.3 is 10.3 Å². The summed E-state index contributed by atoms with van der Waals surface area (Å²) in [5, 5.41) is 6.24. The highest BCUT2D eigenvalue weighted by Crippen LogP contribution is 2.39. The highest BCUT2D eigenvalue weighted by Gasteiger charge is 2.25. The minimum atomic E-state index is 0.423. The van der Waals surface area contributed by atoms with Crippen molar-refractivity contribution in [1.82, 2.24) is 10.3 Å². The third-order valence-corrected chi connectivity index (χ3v) is 4.37. The second-order valence-corrected chi connectivity index (χ2v) is 6.07. The van der Waals surface area contributed by atoms with Gasteiger partial charge in [-0.15, -0.1) is 0 Å². The second kappa shape index (κ2) is 5.35. The van der Waals surface area contributed by atoms with Gasteiger partial charge in [0.15, 0.2) is 0 Å².